The average Bonchev–Trinajstić information content (AvgIpc) is 2.77. The smallest absolute Gasteiger partial charge is 0.347 e. The zero-order chi connectivity index (χ0) is 21.6. The first kappa shape index (κ1) is 24.3. The van der Waals surface area contributed by atoms with Gasteiger partial charge < -0.3 is 9.47 Å². The summed E-state index contributed by atoms with van der Waals surface area (Å²) in [6.45, 7) is 6.57. The Balaban J connectivity index is 1.81. The van der Waals surface area contributed by atoms with Gasteiger partial charge in [0, 0.05) is 4.90 Å². The zero-order valence-corrected chi connectivity index (χ0v) is 19.5. The normalized spacial score (nSPS) is 11.8. The fourth-order valence-corrected chi connectivity index (χ4v) is 4.00. The van der Waals surface area contributed by atoms with E-state index in [1.807, 2.05) is 36.0 Å². The van der Waals surface area contributed by atoms with Crippen molar-refractivity contribution in [3.05, 3.63) is 48.5 Å². The first-order chi connectivity index (χ1) is 14.6. The first-order valence-corrected chi connectivity index (χ1v) is 12.3. The minimum atomic E-state index is -0.605. The van der Waals surface area contributed by atoms with Crippen LogP contribution in [0.1, 0.15) is 65.7 Å². The standard InChI is InChI=1S/C26H36O3S/c1-4-6-8-10-20-30-25-17-13-23(14-18-25)22-11-15-24(16-12-22)29-21(3)26(27)28-19-9-7-5-2/h11-18,21H,4-10,19-20H2,1-3H3/t21-/m1/s1. The fourth-order valence-electron chi connectivity index (χ4n) is 3.08. The van der Waals surface area contributed by atoms with E-state index in [4.69, 9.17) is 9.47 Å². The van der Waals surface area contributed by atoms with Gasteiger partial charge in [-0.2, -0.15) is 0 Å². The van der Waals surface area contributed by atoms with Crippen molar-refractivity contribution in [2.45, 2.75) is 76.7 Å². The van der Waals surface area contributed by atoms with Gasteiger partial charge in [-0.15, -0.1) is 11.8 Å². The van der Waals surface area contributed by atoms with Gasteiger partial charge in [0.05, 0.1) is 6.61 Å². The van der Waals surface area contributed by atoms with E-state index in [0.29, 0.717) is 12.4 Å². The minimum Gasteiger partial charge on any atom is -0.479 e. The zero-order valence-electron chi connectivity index (χ0n) is 18.7. The summed E-state index contributed by atoms with van der Waals surface area (Å²) in [7, 11) is 0. The molecule has 2 rings (SSSR count). The number of hydrogen-bond donors (Lipinski definition) is 0. The third-order valence-electron chi connectivity index (χ3n) is 4.95. The molecule has 0 fully saturated rings. The molecule has 0 aliphatic carbocycles. The second kappa shape index (κ2) is 14.1. The van der Waals surface area contributed by atoms with Gasteiger partial charge >= 0.3 is 5.97 Å². The van der Waals surface area contributed by atoms with Crippen molar-refractivity contribution >= 4 is 17.7 Å². The largest absolute Gasteiger partial charge is 0.479 e. The van der Waals surface area contributed by atoms with Crippen molar-refractivity contribution in [2.24, 2.45) is 0 Å². The predicted molar refractivity (Wildman–Crippen MR) is 127 cm³/mol. The van der Waals surface area contributed by atoms with Crippen molar-refractivity contribution in [2.75, 3.05) is 12.4 Å². The molecule has 30 heavy (non-hydrogen) atoms. The Bertz CT molecular complexity index is 725. The maximum Gasteiger partial charge on any atom is 0.347 e. The number of carbonyl (C=O) groups is 1. The monoisotopic (exact) mass is 428 g/mol. The van der Waals surface area contributed by atoms with E-state index in [2.05, 4.69) is 38.1 Å². The summed E-state index contributed by atoms with van der Waals surface area (Å²) in [5.74, 6) is 1.55. The Morgan fingerprint density at radius 1 is 0.833 bits per heavy atom. The van der Waals surface area contributed by atoms with Crippen molar-refractivity contribution in [1.29, 1.82) is 0 Å². The average molecular weight is 429 g/mol. The van der Waals surface area contributed by atoms with Crippen LogP contribution in [0.25, 0.3) is 11.1 Å². The highest BCUT2D eigenvalue weighted by Crippen LogP contribution is 2.26. The quantitative estimate of drug-likeness (QED) is 0.177. The molecule has 0 aliphatic rings. The molecule has 3 nitrogen and oxygen atoms in total. The van der Waals surface area contributed by atoms with Gasteiger partial charge in [0.25, 0.3) is 0 Å². The number of ether oxygens (including phenoxy) is 2. The first-order valence-electron chi connectivity index (χ1n) is 11.3. The third kappa shape index (κ3) is 8.83. The minimum absolute atomic E-state index is 0.307. The third-order valence-corrected chi connectivity index (χ3v) is 6.04. The van der Waals surface area contributed by atoms with Gasteiger partial charge in [-0.25, -0.2) is 4.79 Å². The summed E-state index contributed by atoms with van der Waals surface area (Å²) in [5.41, 5.74) is 2.32. The van der Waals surface area contributed by atoms with Crippen LogP contribution in [0, 0.1) is 0 Å². The van der Waals surface area contributed by atoms with Crippen LogP contribution in [0.15, 0.2) is 53.4 Å². The van der Waals surface area contributed by atoms with E-state index in [1.54, 1.807) is 6.92 Å². The number of esters is 1. The van der Waals surface area contributed by atoms with E-state index in [-0.39, 0.29) is 5.97 Å². The molecule has 0 radical (unpaired) electrons. The number of unbranched alkanes of at least 4 members (excludes halogenated alkanes) is 5. The predicted octanol–water partition coefficient (Wildman–Crippen LogP) is 7.53. The molecule has 0 saturated carbocycles. The lowest BCUT2D eigenvalue weighted by Gasteiger charge is -2.14. The Kier molecular flexibility index (Phi) is 11.5. The lowest BCUT2D eigenvalue weighted by Crippen LogP contribution is -2.26. The van der Waals surface area contributed by atoms with Crippen LogP contribution < -0.4 is 4.74 Å². The van der Waals surface area contributed by atoms with Crippen LogP contribution in [0.4, 0.5) is 0 Å². The molecule has 4 heteroatoms. The van der Waals surface area contributed by atoms with Crippen LogP contribution in [-0.2, 0) is 9.53 Å². The van der Waals surface area contributed by atoms with E-state index < -0.39 is 6.10 Å². The van der Waals surface area contributed by atoms with Crippen molar-refractivity contribution in [3.8, 4) is 16.9 Å². The van der Waals surface area contributed by atoms with Gasteiger partial charge in [-0.05, 0) is 60.9 Å². The molecule has 0 bridgehead atoms. The molecular formula is C26H36O3S. The van der Waals surface area contributed by atoms with Crippen LogP contribution >= 0.6 is 11.8 Å². The van der Waals surface area contributed by atoms with Crippen molar-refractivity contribution < 1.29 is 14.3 Å². The van der Waals surface area contributed by atoms with E-state index >= 15 is 0 Å². The molecule has 0 unspecified atom stereocenters. The summed E-state index contributed by atoms with van der Waals surface area (Å²) < 4.78 is 11.0. The number of carbonyl (C=O) groups excluding carboxylic acids is 1. The van der Waals surface area contributed by atoms with E-state index in [9.17, 15) is 4.79 Å². The summed E-state index contributed by atoms with van der Waals surface area (Å²) in [5, 5.41) is 0. The van der Waals surface area contributed by atoms with Gasteiger partial charge in [0.15, 0.2) is 6.10 Å². The summed E-state index contributed by atoms with van der Waals surface area (Å²) in [6, 6.07) is 16.6. The second-order valence-electron chi connectivity index (χ2n) is 7.59. The number of benzene rings is 2. The molecule has 0 N–H and O–H groups in total. The lowest BCUT2D eigenvalue weighted by molar-refractivity contribution is -0.151. The Morgan fingerprint density at radius 3 is 2.07 bits per heavy atom. The van der Waals surface area contributed by atoms with E-state index in [1.165, 1.54) is 41.9 Å². The summed E-state index contributed by atoms with van der Waals surface area (Å²) in [4.78, 5) is 13.3. The van der Waals surface area contributed by atoms with Gasteiger partial charge in [-0.1, -0.05) is 70.2 Å². The molecule has 0 heterocycles. The molecule has 2 aromatic rings. The highest BCUT2D eigenvalue weighted by atomic mass is 32.2. The van der Waals surface area contributed by atoms with Gasteiger partial charge in [0.2, 0.25) is 0 Å². The van der Waals surface area contributed by atoms with Crippen LogP contribution in [0.2, 0.25) is 0 Å². The highest BCUT2D eigenvalue weighted by molar-refractivity contribution is 7.99. The maximum absolute atomic E-state index is 12.0. The Morgan fingerprint density at radius 2 is 1.43 bits per heavy atom. The van der Waals surface area contributed by atoms with Crippen molar-refractivity contribution in [3.63, 3.8) is 0 Å². The van der Waals surface area contributed by atoms with Crippen molar-refractivity contribution in [1.82, 2.24) is 0 Å². The SMILES string of the molecule is CCCCCCSc1ccc(-c2ccc(O[C@H](C)C(=O)OCCCCC)cc2)cc1. The molecule has 1 atom stereocenters. The molecule has 0 amide bonds. The van der Waals surface area contributed by atoms with Gasteiger partial charge in [-0.3, -0.25) is 0 Å². The lowest BCUT2D eigenvalue weighted by atomic mass is 10.1. The van der Waals surface area contributed by atoms with Crippen LogP contribution in [0.3, 0.4) is 0 Å². The molecule has 2 aromatic carbocycles. The molecule has 0 aromatic heterocycles. The van der Waals surface area contributed by atoms with Crippen LogP contribution in [-0.4, -0.2) is 24.4 Å². The maximum atomic E-state index is 12.0. The Labute approximate surface area is 186 Å². The molecular weight excluding hydrogens is 392 g/mol. The molecule has 0 aliphatic heterocycles. The van der Waals surface area contributed by atoms with Gasteiger partial charge in [0.1, 0.15) is 5.75 Å². The summed E-state index contributed by atoms with van der Waals surface area (Å²) >= 11 is 1.93. The topological polar surface area (TPSA) is 35.5 Å². The number of rotatable bonds is 14. The Hall–Kier alpha value is -1.94. The van der Waals surface area contributed by atoms with E-state index in [0.717, 1.165) is 24.8 Å². The molecule has 0 spiro atoms. The molecule has 0 saturated heterocycles. The molecule has 164 valence electrons. The summed E-state index contributed by atoms with van der Waals surface area (Å²) in [6.07, 6.45) is 7.70. The van der Waals surface area contributed by atoms with Crippen LogP contribution in [0.5, 0.6) is 5.75 Å². The number of thioether (sulfide) groups is 1. The second-order valence-corrected chi connectivity index (χ2v) is 8.76. The fraction of sp³-hybridized carbons (Fsp3) is 0.500. The highest BCUT2D eigenvalue weighted by Gasteiger charge is 2.16. The number of hydrogen-bond acceptors (Lipinski definition) is 4.